The topological polar surface area (TPSA) is 105 Å². The standard InChI is InChI=1S/C17H18N4O5/c22-14-9-18-16(24)21(14)11-5-7-19(8-6-11)15(23)10-20-12-3-1-2-4-13(12)26-17(20)25/h1-4,11H,5-10H2,(H,18,24). The van der Waals surface area contributed by atoms with Crippen LogP contribution in [0.3, 0.4) is 0 Å². The number of amides is 4. The van der Waals surface area contributed by atoms with Crippen molar-refractivity contribution in [2.24, 2.45) is 0 Å². The van der Waals surface area contributed by atoms with E-state index in [4.69, 9.17) is 4.42 Å². The fourth-order valence-corrected chi connectivity index (χ4v) is 3.58. The summed E-state index contributed by atoms with van der Waals surface area (Å²) in [5, 5.41) is 2.51. The summed E-state index contributed by atoms with van der Waals surface area (Å²) in [5.41, 5.74) is 1.03. The van der Waals surface area contributed by atoms with Crippen molar-refractivity contribution < 1.29 is 18.8 Å². The van der Waals surface area contributed by atoms with Crippen LogP contribution in [0.1, 0.15) is 12.8 Å². The van der Waals surface area contributed by atoms with Gasteiger partial charge in [0.25, 0.3) is 0 Å². The Bertz CT molecular complexity index is 922. The highest BCUT2D eigenvalue weighted by Crippen LogP contribution is 2.20. The van der Waals surface area contributed by atoms with Crippen molar-refractivity contribution in [2.45, 2.75) is 25.4 Å². The number of piperidine rings is 1. The van der Waals surface area contributed by atoms with Crippen LogP contribution in [0.15, 0.2) is 33.5 Å². The molecule has 2 fully saturated rings. The molecule has 0 atom stereocenters. The number of benzene rings is 1. The lowest BCUT2D eigenvalue weighted by atomic mass is 10.0. The van der Waals surface area contributed by atoms with Crippen LogP contribution in [-0.4, -0.2) is 57.9 Å². The summed E-state index contributed by atoms with van der Waals surface area (Å²) in [6.07, 6.45) is 1.07. The number of carbonyl (C=O) groups excluding carboxylic acids is 3. The lowest BCUT2D eigenvalue weighted by molar-refractivity contribution is -0.134. The second-order valence-electron chi connectivity index (χ2n) is 6.46. The number of urea groups is 1. The van der Waals surface area contributed by atoms with Gasteiger partial charge in [0.2, 0.25) is 11.8 Å². The van der Waals surface area contributed by atoms with Gasteiger partial charge in [0.05, 0.1) is 12.1 Å². The Morgan fingerprint density at radius 3 is 2.58 bits per heavy atom. The minimum absolute atomic E-state index is 0.0362. The Balaban J connectivity index is 1.42. The SMILES string of the molecule is O=C(Cn1c(=O)oc2ccccc21)N1CCC(N2C(=O)CNC2=O)CC1. The maximum absolute atomic E-state index is 12.6. The van der Waals surface area contributed by atoms with Gasteiger partial charge >= 0.3 is 11.8 Å². The first kappa shape index (κ1) is 16.4. The average Bonchev–Trinajstić information content (AvgIpc) is 3.14. The molecule has 4 rings (SSSR count). The van der Waals surface area contributed by atoms with Crippen LogP contribution in [0.4, 0.5) is 4.79 Å². The number of aromatic nitrogens is 1. The van der Waals surface area contributed by atoms with Crippen molar-refractivity contribution in [3.8, 4) is 0 Å². The third-order valence-electron chi connectivity index (χ3n) is 4.93. The van der Waals surface area contributed by atoms with Gasteiger partial charge in [-0.2, -0.15) is 0 Å². The van der Waals surface area contributed by atoms with Gasteiger partial charge in [0.1, 0.15) is 6.54 Å². The first-order valence-corrected chi connectivity index (χ1v) is 8.50. The summed E-state index contributed by atoms with van der Waals surface area (Å²) in [6, 6.07) is 6.40. The van der Waals surface area contributed by atoms with E-state index in [0.717, 1.165) is 0 Å². The quantitative estimate of drug-likeness (QED) is 0.786. The predicted octanol–water partition coefficient (Wildman–Crippen LogP) is 0.137. The number of fused-ring (bicyclic) bond motifs is 1. The molecule has 2 aliphatic rings. The zero-order valence-corrected chi connectivity index (χ0v) is 14.0. The molecule has 4 amide bonds. The van der Waals surface area contributed by atoms with Gasteiger partial charge in [-0.15, -0.1) is 0 Å². The Morgan fingerprint density at radius 1 is 1.15 bits per heavy atom. The van der Waals surface area contributed by atoms with E-state index in [0.29, 0.717) is 37.0 Å². The van der Waals surface area contributed by atoms with Crippen LogP contribution >= 0.6 is 0 Å². The molecule has 9 heteroatoms. The van der Waals surface area contributed by atoms with E-state index < -0.39 is 5.76 Å². The lowest BCUT2D eigenvalue weighted by Crippen LogP contribution is -2.49. The first-order valence-electron chi connectivity index (χ1n) is 8.50. The zero-order valence-electron chi connectivity index (χ0n) is 14.0. The predicted molar refractivity (Wildman–Crippen MR) is 90.3 cm³/mol. The molecule has 9 nitrogen and oxygen atoms in total. The van der Waals surface area contributed by atoms with Gasteiger partial charge in [0, 0.05) is 19.1 Å². The van der Waals surface area contributed by atoms with Crippen LogP contribution in [0, 0.1) is 0 Å². The molecule has 1 N–H and O–H groups in total. The molecule has 0 radical (unpaired) electrons. The Morgan fingerprint density at radius 2 is 1.88 bits per heavy atom. The molecule has 0 spiro atoms. The van der Waals surface area contributed by atoms with Gasteiger partial charge in [-0.3, -0.25) is 19.1 Å². The smallest absolute Gasteiger partial charge is 0.408 e. The molecule has 3 heterocycles. The van der Waals surface area contributed by atoms with E-state index >= 15 is 0 Å². The Labute approximate surface area is 148 Å². The molecule has 26 heavy (non-hydrogen) atoms. The van der Waals surface area contributed by atoms with E-state index in [-0.39, 0.29) is 37.0 Å². The third-order valence-corrected chi connectivity index (χ3v) is 4.93. The van der Waals surface area contributed by atoms with Crippen LogP contribution in [0.25, 0.3) is 11.1 Å². The number of oxazole rings is 1. The number of para-hydroxylation sites is 2. The number of rotatable bonds is 3. The number of carbonyl (C=O) groups is 3. The van der Waals surface area contributed by atoms with Crippen molar-refractivity contribution in [3.63, 3.8) is 0 Å². The van der Waals surface area contributed by atoms with Crippen molar-refractivity contribution in [3.05, 3.63) is 34.8 Å². The van der Waals surface area contributed by atoms with Crippen LogP contribution in [0.2, 0.25) is 0 Å². The van der Waals surface area contributed by atoms with E-state index in [9.17, 15) is 19.2 Å². The molecule has 2 aromatic rings. The maximum Gasteiger partial charge on any atom is 0.420 e. The van der Waals surface area contributed by atoms with Gasteiger partial charge in [-0.1, -0.05) is 12.1 Å². The minimum Gasteiger partial charge on any atom is -0.408 e. The number of nitrogens with zero attached hydrogens (tertiary/aromatic N) is 3. The molecule has 1 aromatic carbocycles. The molecular weight excluding hydrogens is 340 g/mol. The lowest BCUT2D eigenvalue weighted by Gasteiger charge is -2.35. The fourth-order valence-electron chi connectivity index (χ4n) is 3.58. The number of likely N-dealkylation sites (tertiary alicyclic amines) is 1. The monoisotopic (exact) mass is 358 g/mol. The zero-order chi connectivity index (χ0) is 18.3. The molecular formula is C17H18N4O5. The Kier molecular flexibility index (Phi) is 3.98. The second-order valence-corrected chi connectivity index (χ2v) is 6.46. The highest BCUT2D eigenvalue weighted by molar-refractivity contribution is 6.02. The van der Waals surface area contributed by atoms with Crippen molar-refractivity contribution in [2.75, 3.05) is 19.6 Å². The fraction of sp³-hybridized carbons (Fsp3) is 0.412. The highest BCUT2D eigenvalue weighted by atomic mass is 16.4. The number of hydrogen-bond acceptors (Lipinski definition) is 5. The van der Waals surface area contributed by atoms with Crippen molar-refractivity contribution >= 4 is 28.9 Å². The summed E-state index contributed by atoms with van der Waals surface area (Å²) in [4.78, 5) is 51.0. The molecule has 0 saturated carbocycles. The summed E-state index contributed by atoms with van der Waals surface area (Å²) in [7, 11) is 0. The maximum atomic E-state index is 12.6. The van der Waals surface area contributed by atoms with E-state index in [2.05, 4.69) is 5.32 Å². The van der Waals surface area contributed by atoms with Crippen molar-refractivity contribution in [1.82, 2.24) is 19.7 Å². The highest BCUT2D eigenvalue weighted by Gasteiger charge is 2.37. The Hall–Kier alpha value is -3.10. The van der Waals surface area contributed by atoms with E-state index in [1.807, 2.05) is 0 Å². The molecule has 0 aliphatic carbocycles. The van der Waals surface area contributed by atoms with Crippen LogP contribution < -0.4 is 11.1 Å². The number of hydrogen-bond donors (Lipinski definition) is 1. The van der Waals surface area contributed by atoms with E-state index in [1.54, 1.807) is 29.2 Å². The summed E-state index contributed by atoms with van der Waals surface area (Å²) in [5.74, 6) is -0.973. The first-order chi connectivity index (χ1) is 12.5. The van der Waals surface area contributed by atoms with Gasteiger partial charge < -0.3 is 14.6 Å². The second kappa shape index (κ2) is 6.32. The molecule has 2 saturated heterocycles. The molecule has 1 aromatic heterocycles. The van der Waals surface area contributed by atoms with Gasteiger partial charge in [-0.05, 0) is 25.0 Å². The van der Waals surface area contributed by atoms with E-state index in [1.165, 1.54) is 9.47 Å². The van der Waals surface area contributed by atoms with Crippen molar-refractivity contribution in [1.29, 1.82) is 0 Å². The van der Waals surface area contributed by atoms with Gasteiger partial charge in [-0.25, -0.2) is 9.59 Å². The van der Waals surface area contributed by atoms with Gasteiger partial charge in [0.15, 0.2) is 5.58 Å². The molecule has 0 unspecified atom stereocenters. The number of nitrogens with one attached hydrogen (secondary N) is 1. The molecule has 2 aliphatic heterocycles. The normalized spacial score (nSPS) is 18.6. The molecule has 0 bridgehead atoms. The summed E-state index contributed by atoms with van der Waals surface area (Å²) < 4.78 is 6.46. The largest absolute Gasteiger partial charge is 0.420 e. The number of imide groups is 1. The molecule has 136 valence electrons. The summed E-state index contributed by atoms with van der Waals surface area (Å²) >= 11 is 0. The van der Waals surface area contributed by atoms with Crippen LogP contribution in [-0.2, 0) is 16.1 Å². The van der Waals surface area contributed by atoms with Crippen LogP contribution in [0.5, 0.6) is 0 Å². The summed E-state index contributed by atoms with van der Waals surface area (Å²) in [6.45, 7) is 0.814. The third kappa shape index (κ3) is 2.75. The minimum atomic E-state index is -0.561. The average molecular weight is 358 g/mol.